The van der Waals surface area contributed by atoms with E-state index in [1.807, 2.05) is 30.3 Å². The molecule has 0 aliphatic carbocycles. The van der Waals surface area contributed by atoms with E-state index in [2.05, 4.69) is 10.6 Å². The Balaban J connectivity index is 2.12. The molecule has 1 rings (SSSR count). The van der Waals surface area contributed by atoms with Crippen LogP contribution in [0.4, 0.5) is 5.69 Å². The van der Waals surface area contributed by atoms with Crippen molar-refractivity contribution in [1.29, 1.82) is 0 Å². The van der Waals surface area contributed by atoms with E-state index in [-0.39, 0.29) is 23.3 Å². The van der Waals surface area contributed by atoms with Crippen molar-refractivity contribution in [3.8, 4) is 0 Å². The predicted octanol–water partition coefficient (Wildman–Crippen LogP) is 1.12. The summed E-state index contributed by atoms with van der Waals surface area (Å²) in [6.07, 6.45) is 0. The third kappa shape index (κ3) is 7.48. The normalized spacial score (nSPS) is 9.95. The predicted molar refractivity (Wildman–Crippen MR) is 77.3 cm³/mol. The minimum absolute atomic E-state index is 0.0884. The highest BCUT2D eigenvalue weighted by atomic mass is 32.2. The van der Waals surface area contributed by atoms with Gasteiger partial charge < -0.3 is 15.4 Å². The molecule has 0 spiro atoms. The molecule has 1 aromatic rings. The van der Waals surface area contributed by atoms with Crippen LogP contribution in [-0.4, -0.2) is 43.6 Å². The average Bonchev–Trinajstić information content (AvgIpc) is 2.40. The molecular formula is C13H18N2O3S. The zero-order chi connectivity index (χ0) is 13.9. The van der Waals surface area contributed by atoms with E-state index < -0.39 is 0 Å². The number of rotatable bonds is 8. The smallest absolute Gasteiger partial charge is 0.234 e. The molecule has 0 aliphatic rings. The monoisotopic (exact) mass is 282 g/mol. The van der Waals surface area contributed by atoms with E-state index in [1.165, 1.54) is 11.8 Å². The lowest BCUT2D eigenvalue weighted by atomic mass is 10.3. The topological polar surface area (TPSA) is 67.4 Å². The van der Waals surface area contributed by atoms with Gasteiger partial charge in [-0.05, 0) is 12.1 Å². The van der Waals surface area contributed by atoms with Gasteiger partial charge >= 0.3 is 0 Å². The molecule has 5 nitrogen and oxygen atoms in total. The van der Waals surface area contributed by atoms with E-state index in [9.17, 15) is 9.59 Å². The van der Waals surface area contributed by atoms with Crippen molar-refractivity contribution in [3.63, 3.8) is 0 Å². The number of carbonyl (C=O) groups excluding carboxylic acids is 2. The van der Waals surface area contributed by atoms with Crippen molar-refractivity contribution in [2.75, 3.05) is 37.1 Å². The Labute approximate surface area is 117 Å². The van der Waals surface area contributed by atoms with Crippen molar-refractivity contribution in [1.82, 2.24) is 5.32 Å². The van der Waals surface area contributed by atoms with E-state index in [0.717, 1.165) is 5.69 Å². The summed E-state index contributed by atoms with van der Waals surface area (Å²) in [4.78, 5) is 22.9. The molecule has 0 heterocycles. The SMILES string of the molecule is COCCNC(=O)CSCC(=O)Nc1ccccc1. The van der Waals surface area contributed by atoms with Gasteiger partial charge in [-0.15, -0.1) is 11.8 Å². The largest absolute Gasteiger partial charge is 0.383 e. The number of methoxy groups -OCH3 is 1. The Kier molecular flexibility index (Phi) is 7.69. The van der Waals surface area contributed by atoms with Crippen molar-refractivity contribution in [2.45, 2.75) is 0 Å². The van der Waals surface area contributed by atoms with Gasteiger partial charge in [0.2, 0.25) is 11.8 Å². The summed E-state index contributed by atoms with van der Waals surface area (Å²) in [5, 5.41) is 5.45. The van der Waals surface area contributed by atoms with Crippen molar-refractivity contribution < 1.29 is 14.3 Å². The number of nitrogens with one attached hydrogen (secondary N) is 2. The molecule has 0 saturated carbocycles. The lowest BCUT2D eigenvalue weighted by Gasteiger charge is -2.05. The maximum absolute atomic E-state index is 11.6. The summed E-state index contributed by atoms with van der Waals surface area (Å²) >= 11 is 1.28. The summed E-state index contributed by atoms with van der Waals surface area (Å²) in [7, 11) is 1.58. The number of amides is 2. The van der Waals surface area contributed by atoms with Crippen LogP contribution in [-0.2, 0) is 14.3 Å². The van der Waals surface area contributed by atoms with Gasteiger partial charge in [0.1, 0.15) is 0 Å². The lowest BCUT2D eigenvalue weighted by Crippen LogP contribution is -2.29. The third-order valence-electron chi connectivity index (χ3n) is 2.15. The number of carbonyl (C=O) groups is 2. The summed E-state index contributed by atoms with van der Waals surface area (Å²) in [5.74, 6) is 0.328. The highest BCUT2D eigenvalue weighted by molar-refractivity contribution is 8.00. The second-order valence-corrected chi connectivity index (χ2v) is 4.74. The lowest BCUT2D eigenvalue weighted by molar-refractivity contribution is -0.118. The Morgan fingerprint density at radius 2 is 1.84 bits per heavy atom. The van der Waals surface area contributed by atoms with Crippen molar-refractivity contribution in [3.05, 3.63) is 30.3 Å². The van der Waals surface area contributed by atoms with Crippen LogP contribution >= 0.6 is 11.8 Å². The molecule has 19 heavy (non-hydrogen) atoms. The minimum Gasteiger partial charge on any atom is -0.383 e. The van der Waals surface area contributed by atoms with Crippen LogP contribution < -0.4 is 10.6 Å². The molecule has 1 aromatic carbocycles. The van der Waals surface area contributed by atoms with Crippen LogP contribution in [0.1, 0.15) is 0 Å². The molecule has 0 aliphatic heterocycles. The van der Waals surface area contributed by atoms with E-state index in [0.29, 0.717) is 13.2 Å². The third-order valence-corrected chi connectivity index (χ3v) is 3.08. The molecular weight excluding hydrogens is 264 g/mol. The van der Waals surface area contributed by atoms with Crippen LogP contribution in [0, 0.1) is 0 Å². The number of hydrogen-bond donors (Lipinski definition) is 2. The maximum Gasteiger partial charge on any atom is 0.234 e. The van der Waals surface area contributed by atoms with Gasteiger partial charge in [-0.3, -0.25) is 9.59 Å². The van der Waals surface area contributed by atoms with Gasteiger partial charge in [-0.25, -0.2) is 0 Å². The molecule has 0 fully saturated rings. The van der Waals surface area contributed by atoms with Crippen LogP contribution in [0.3, 0.4) is 0 Å². The number of thioether (sulfide) groups is 1. The zero-order valence-electron chi connectivity index (χ0n) is 10.8. The molecule has 6 heteroatoms. The van der Waals surface area contributed by atoms with Crippen LogP contribution in [0.2, 0.25) is 0 Å². The summed E-state index contributed by atoms with van der Waals surface area (Å²) in [6, 6.07) is 9.23. The first-order valence-corrected chi connectivity index (χ1v) is 7.06. The second-order valence-electron chi connectivity index (χ2n) is 3.75. The molecule has 0 radical (unpaired) electrons. The van der Waals surface area contributed by atoms with Gasteiger partial charge in [-0.1, -0.05) is 18.2 Å². The molecule has 0 bridgehead atoms. The number of ether oxygens (including phenoxy) is 1. The van der Waals surface area contributed by atoms with E-state index >= 15 is 0 Å². The zero-order valence-corrected chi connectivity index (χ0v) is 11.7. The van der Waals surface area contributed by atoms with Crippen LogP contribution in [0.5, 0.6) is 0 Å². The Morgan fingerprint density at radius 1 is 1.16 bits per heavy atom. The summed E-state index contributed by atoms with van der Waals surface area (Å²) in [6.45, 7) is 0.983. The standard InChI is InChI=1S/C13H18N2O3S/c1-18-8-7-14-12(16)9-19-10-13(17)15-11-5-3-2-4-6-11/h2-6H,7-10H2,1H3,(H,14,16)(H,15,17). The fourth-order valence-corrected chi connectivity index (χ4v) is 1.95. The first kappa shape index (κ1) is 15.5. The van der Waals surface area contributed by atoms with Crippen molar-refractivity contribution >= 4 is 29.3 Å². The minimum atomic E-state index is -0.110. The molecule has 0 saturated heterocycles. The molecule has 2 amide bonds. The fourth-order valence-electron chi connectivity index (χ4n) is 1.30. The number of benzene rings is 1. The first-order valence-electron chi connectivity index (χ1n) is 5.90. The Morgan fingerprint density at radius 3 is 2.53 bits per heavy atom. The highest BCUT2D eigenvalue weighted by Crippen LogP contribution is 2.06. The number of para-hydroxylation sites is 1. The maximum atomic E-state index is 11.6. The Bertz CT molecular complexity index is 398. The number of anilines is 1. The fraction of sp³-hybridized carbons (Fsp3) is 0.385. The first-order chi connectivity index (χ1) is 9.22. The molecule has 0 atom stereocenters. The van der Waals surface area contributed by atoms with Gasteiger partial charge in [0.25, 0.3) is 0 Å². The molecule has 0 aromatic heterocycles. The quantitative estimate of drug-likeness (QED) is 0.701. The van der Waals surface area contributed by atoms with E-state index in [1.54, 1.807) is 7.11 Å². The Hall–Kier alpha value is -1.53. The van der Waals surface area contributed by atoms with Crippen molar-refractivity contribution in [2.24, 2.45) is 0 Å². The summed E-state index contributed by atoms with van der Waals surface area (Å²) < 4.78 is 4.82. The molecule has 104 valence electrons. The summed E-state index contributed by atoms with van der Waals surface area (Å²) in [5.41, 5.74) is 0.762. The van der Waals surface area contributed by atoms with Gasteiger partial charge in [0.15, 0.2) is 0 Å². The van der Waals surface area contributed by atoms with Gasteiger partial charge in [0, 0.05) is 19.3 Å². The van der Waals surface area contributed by atoms with Crippen LogP contribution in [0.15, 0.2) is 30.3 Å². The van der Waals surface area contributed by atoms with Gasteiger partial charge in [0.05, 0.1) is 18.1 Å². The average molecular weight is 282 g/mol. The van der Waals surface area contributed by atoms with E-state index in [4.69, 9.17) is 4.74 Å². The second kappa shape index (κ2) is 9.41. The van der Waals surface area contributed by atoms with Crippen LogP contribution in [0.25, 0.3) is 0 Å². The molecule has 0 unspecified atom stereocenters. The van der Waals surface area contributed by atoms with Gasteiger partial charge in [-0.2, -0.15) is 0 Å². The highest BCUT2D eigenvalue weighted by Gasteiger charge is 2.05. The number of hydrogen-bond acceptors (Lipinski definition) is 4. The molecule has 2 N–H and O–H groups in total.